The molecule has 0 aliphatic carbocycles. The Balaban J connectivity index is 1.19. The third-order valence-electron chi connectivity index (χ3n) is 5.37. The molecule has 0 radical (unpaired) electrons. The maximum Gasteiger partial charge on any atom is 0.251 e. The number of nitrogens with zero attached hydrogens (tertiary/aromatic N) is 5. The van der Waals surface area contributed by atoms with Crippen molar-refractivity contribution in [3.63, 3.8) is 0 Å². The van der Waals surface area contributed by atoms with E-state index in [-0.39, 0.29) is 5.91 Å². The summed E-state index contributed by atoms with van der Waals surface area (Å²) in [5, 5.41) is 15.4. The first-order valence-corrected chi connectivity index (χ1v) is 10.8. The number of rotatable bonds is 7. The van der Waals surface area contributed by atoms with Crippen LogP contribution in [0.15, 0.2) is 89.9 Å². The summed E-state index contributed by atoms with van der Waals surface area (Å²) in [7, 11) is 0. The Kier molecular flexibility index (Phi) is 5.94. The zero-order valence-electron chi connectivity index (χ0n) is 18.5. The molecule has 5 rings (SSSR count). The monoisotopic (exact) mass is 450 g/mol. The van der Waals surface area contributed by atoms with Gasteiger partial charge in [0.05, 0.1) is 6.54 Å². The van der Waals surface area contributed by atoms with E-state index in [1.54, 1.807) is 35.3 Å². The molecular weight excluding hydrogens is 428 g/mol. The number of hydrogen-bond donors (Lipinski definition) is 1. The van der Waals surface area contributed by atoms with Crippen molar-refractivity contribution < 1.29 is 9.21 Å². The first kappa shape index (κ1) is 21.3. The highest BCUT2D eigenvalue weighted by Gasteiger charge is 2.12. The van der Waals surface area contributed by atoms with E-state index in [4.69, 9.17) is 4.42 Å². The minimum Gasteiger partial charge on any atom is -0.416 e. The summed E-state index contributed by atoms with van der Waals surface area (Å²) in [6, 6.07) is 23.1. The molecule has 1 N–H and O–H groups in total. The van der Waals surface area contributed by atoms with Gasteiger partial charge in [-0.15, -0.1) is 10.2 Å². The summed E-state index contributed by atoms with van der Waals surface area (Å²) < 4.78 is 7.59. The third kappa shape index (κ3) is 4.91. The van der Waals surface area contributed by atoms with E-state index in [2.05, 4.69) is 25.6 Å². The molecule has 0 aliphatic heterocycles. The van der Waals surface area contributed by atoms with Gasteiger partial charge >= 0.3 is 0 Å². The SMILES string of the molecule is Cc1cccc(-c2nnc(-c3ccc(C(=O)NCc4ccc(Cn5cncn5)cc4)cc3)o2)c1. The lowest BCUT2D eigenvalue weighted by Gasteiger charge is -2.07. The molecule has 5 aromatic rings. The molecule has 2 heterocycles. The number of nitrogens with one attached hydrogen (secondary N) is 1. The highest BCUT2D eigenvalue weighted by Crippen LogP contribution is 2.24. The van der Waals surface area contributed by atoms with Crippen molar-refractivity contribution in [1.29, 1.82) is 0 Å². The topological polar surface area (TPSA) is 98.7 Å². The maximum atomic E-state index is 12.6. The van der Waals surface area contributed by atoms with Crippen LogP contribution in [0.25, 0.3) is 22.9 Å². The molecule has 3 aromatic carbocycles. The van der Waals surface area contributed by atoms with Crippen LogP contribution in [-0.4, -0.2) is 30.9 Å². The van der Waals surface area contributed by atoms with Gasteiger partial charge in [0.25, 0.3) is 5.91 Å². The van der Waals surface area contributed by atoms with Crippen LogP contribution in [0.1, 0.15) is 27.0 Å². The van der Waals surface area contributed by atoms with E-state index < -0.39 is 0 Å². The zero-order chi connectivity index (χ0) is 23.3. The first-order valence-electron chi connectivity index (χ1n) is 10.8. The van der Waals surface area contributed by atoms with Crippen molar-refractivity contribution in [2.45, 2.75) is 20.0 Å². The molecule has 168 valence electrons. The molecule has 0 saturated heterocycles. The van der Waals surface area contributed by atoms with Crippen molar-refractivity contribution in [1.82, 2.24) is 30.3 Å². The summed E-state index contributed by atoms with van der Waals surface area (Å²) in [6.45, 7) is 3.11. The Morgan fingerprint density at radius 2 is 1.65 bits per heavy atom. The number of aryl methyl sites for hydroxylation is 1. The van der Waals surface area contributed by atoms with Crippen LogP contribution in [0, 0.1) is 6.92 Å². The Morgan fingerprint density at radius 1 is 0.912 bits per heavy atom. The zero-order valence-corrected chi connectivity index (χ0v) is 18.5. The van der Waals surface area contributed by atoms with Crippen LogP contribution in [0.3, 0.4) is 0 Å². The average Bonchev–Trinajstić information content (AvgIpc) is 3.56. The Labute approximate surface area is 196 Å². The lowest BCUT2D eigenvalue weighted by Crippen LogP contribution is -2.22. The summed E-state index contributed by atoms with van der Waals surface area (Å²) in [5.74, 6) is 0.728. The summed E-state index contributed by atoms with van der Waals surface area (Å²) in [5.41, 5.74) is 5.44. The van der Waals surface area contributed by atoms with E-state index in [0.29, 0.717) is 30.4 Å². The molecule has 0 aliphatic rings. The van der Waals surface area contributed by atoms with Crippen molar-refractivity contribution in [3.05, 3.63) is 108 Å². The minimum atomic E-state index is -0.149. The fourth-order valence-corrected chi connectivity index (χ4v) is 3.55. The maximum absolute atomic E-state index is 12.6. The molecule has 0 fully saturated rings. The fraction of sp³-hybridized carbons (Fsp3) is 0.115. The minimum absolute atomic E-state index is 0.149. The van der Waals surface area contributed by atoms with Gasteiger partial charge in [-0.05, 0) is 54.4 Å². The lowest BCUT2D eigenvalue weighted by atomic mass is 10.1. The molecule has 34 heavy (non-hydrogen) atoms. The fourth-order valence-electron chi connectivity index (χ4n) is 3.55. The number of carbonyl (C=O) groups is 1. The van der Waals surface area contributed by atoms with Gasteiger partial charge in [0.1, 0.15) is 12.7 Å². The van der Waals surface area contributed by atoms with Crippen LogP contribution in [0.5, 0.6) is 0 Å². The molecule has 8 heteroatoms. The second kappa shape index (κ2) is 9.50. The van der Waals surface area contributed by atoms with E-state index in [1.807, 2.05) is 55.5 Å². The average molecular weight is 451 g/mol. The van der Waals surface area contributed by atoms with Crippen molar-refractivity contribution in [3.8, 4) is 22.9 Å². The quantitative estimate of drug-likeness (QED) is 0.397. The van der Waals surface area contributed by atoms with Gasteiger partial charge in [-0.1, -0.05) is 42.0 Å². The van der Waals surface area contributed by atoms with Gasteiger partial charge in [-0.2, -0.15) is 5.10 Å². The smallest absolute Gasteiger partial charge is 0.251 e. The molecule has 8 nitrogen and oxygen atoms in total. The summed E-state index contributed by atoms with van der Waals surface area (Å²) >= 11 is 0. The number of amides is 1. The molecule has 0 spiro atoms. The van der Waals surface area contributed by atoms with E-state index in [9.17, 15) is 4.79 Å². The van der Waals surface area contributed by atoms with Crippen molar-refractivity contribution >= 4 is 5.91 Å². The predicted octanol–water partition coefficient (Wildman–Crippen LogP) is 4.28. The second-order valence-corrected chi connectivity index (χ2v) is 7.95. The summed E-state index contributed by atoms with van der Waals surface area (Å²) in [6.07, 6.45) is 3.20. The standard InChI is InChI=1S/C26H22N6O2/c1-18-3-2-4-23(13-18)26-31-30-25(34-26)22-11-9-21(10-12-22)24(33)28-14-19-5-7-20(8-6-19)15-32-17-27-16-29-32/h2-13,16-17H,14-15H2,1H3,(H,28,33). The highest BCUT2D eigenvalue weighted by molar-refractivity contribution is 5.94. The molecule has 0 atom stereocenters. The second-order valence-electron chi connectivity index (χ2n) is 7.95. The predicted molar refractivity (Wildman–Crippen MR) is 127 cm³/mol. The van der Waals surface area contributed by atoms with Crippen LogP contribution in [0.2, 0.25) is 0 Å². The van der Waals surface area contributed by atoms with Gasteiger partial charge in [0.2, 0.25) is 11.8 Å². The van der Waals surface area contributed by atoms with Crippen molar-refractivity contribution in [2.24, 2.45) is 0 Å². The Morgan fingerprint density at radius 3 is 2.35 bits per heavy atom. The molecule has 0 unspecified atom stereocenters. The van der Waals surface area contributed by atoms with Crippen LogP contribution in [0.4, 0.5) is 0 Å². The lowest BCUT2D eigenvalue weighted by molar-refractivity contribution is 0.0951. The van der Waals surface area contributed by atoms with Gasteiger partial charge in [0.15, 0.2) is 0 Å². The molecule has 1 amide bonds. The van der Waals surface area contributed by atoms with E-state index in [1.165, 1.54) is 6.33 Å². The highest BCUT2D eigenvalue weighted by atomic mass is 16.4. The number of carbonyl (C=O) groups excluding carboxylic acids is 1. The van der Waals surface area contributed by atoms with Crippen LogP contribution in [-0.2, 0) is 13.1 Å². The molecular formula is C26H22N6O2. The number of benzene rings is 3. The van der Waals surface area contributed by atoms with E-state index >= 15 is 0 Å². The Bertz CT molecular complexity index is 1390. The number of aromatic nitrogens is 5. The Hall–Kier alpha value is -4.59. The summed E-state index contributed by atoms with van der Waals surface area (Å²) in [4.78, 5) is 16.5. The first-order chi connectivity index (χ1) is 16.6. The van der Waals surface area contributed by atoms with Gasteiger partial charge in [-0.25, -0.2) is 9.67 Å². The molecule has 0 saturated carbocycles. The number of hydrogen-bond acceptors (Lipinski definition) is 6. The van der Waals surface area contributed by atoms with Crippen LogP contribution >= 0.6 is 0 Å². The third-order valence-corrected chi connectivity index (χ3v) is 5.37. The van der Waals surface area contributed by atoms with Crippen molar-refractivity contribution in [2.75, 3.05) is 0 Å². The normalized spacial score (nSPS) is 10.9. The largest absolute Gasteiger partial charge is 0.416 e. The van der Waals surface area contributed by atoms with Gasteiger partial charge in [-0.3, -0.25) is 4.79 Å². The molecule has 0 bridgehead atoms. The van der Waals surface area contributed by atoms with Gasteiger partial charge < -0.3 is 9.73 Å². The van der Waals surface area contributed by atoms with Crippen LogP contribution < -0.4 is 5.32 Å². The van der Waals surface area contributed by atoms with Gasteiger partial charge in [0, 0.05) is 23.2 Å². The van der Waals surface area contributed by atoms with E-state index in [0.717, 1.165) is 27.8 Å². The molecule has 2 aromatic heterocycles.